The summed E-state index contributed by atoms with van der Waals surface area (Å²) in [5.74, 6) is 0.703. The molecule has 0 spiro atoms. The molecule has 1 heterocycles. The SMILES string of the molecule is COc1cccc(N2CCCCC2CO)c1[C@@H](C)O. The molecule has 4 heteroatoms. The van der Waals surface area contributed by atoms with Crippen molar-refractivity contribution in [3.8, 4) is 5.75 Å². The number of piperidine rings is 1. The Hall–Kier alpha value is -1.26. The van der Waals surface area contributed by atoms with Crippen LogP contribution in [0, 0.1) is 0 Å². The summed E-state index contributed by atoms with van der Waals surface area (Å²) >= 11 is 0. The van der Waals surface area contributed by atoms with E-state index in [9.17, 15) is 10.2 Å². The van der Waals surface area contributed by atoms with Crippen molar-refractivity contribution in [3.63, 3.8) is 0 Å². The molecule has 1 aliphatic heterocycles. The van der Waals surface area contributed by atoms with Gasteiger partial charge in [-0.3, -0.25) is 0 Å². The number of methoxy groups -OCH3 is 1. The predicted molar refractivity (Wildman–Crippen MR) is 75.7 cm³/mol. The molecule has 0 aromatic heterocycles. The summed E-state index contributed by atoms with van der Waals surface area (Å²) in [6.07, 6.45) is 2.67. The fraction of sp³-hybridized carbons (Fsp3) is 0.600. The molecule has 2 atom stereocenters. The number of rotatable bonds is 4. The molecule has 1 aromatic rings. The molecular weight excluding hydrogens is 242 g/mol. The van der Waals surface area contributed by atoms with Crippen LogP contribution in [-0.2, 0) is 0 Å². The molecule has 2 rings (SSSR count). The van der Waals surface area contributed by atoms with Crippen LogP contribution >= 0.6 is 0 Å². The van der Waals surface area contributed by atoms with Crippen LogP contribution in [0.5, 0.6) is 5.75 Å². The monoisotopic (exact) mass is 265 g/mol. The van der Waals surface area contributed by atoms with E-state index in [0.29, 0.717) is 5.75 Å². The number of hydrogen-bond donors (Lipinski definition) is 2. The fourth-order valence-electron chi connectivity index (χ4n) is 2.89. The molecule has 1 aromatic carbocycles. The maximum Gasteiger partial charge on any atom is 0.126 e. The third-order valence-electron chi connectivity index (χ3n) is 3.83. The van der Waals surface area contributed by atoms with Gasteiger partial charge in [0.15, 0.2) is 0 Å². The highest BCUT2D eigenvalue weighted by molar-refractivity contribution is 5.61. The van der Waals surface area contributed by atoms with E-state index in [4.69, 9.17) is 4.74 Å². The van der Waals surface area contributed by atoms with Crippen LogP contribution in [0.1, 0.15) is 37.9 Å². The third-order valence-corrected chi connectivity index (χ3v) is 3.83. The number of aliphatic hydroxyl groups is 2. The van der Waals surface area contributed by atoms with Gasteiger partial charge in [0.1, 0.15) is 5.75 Å². The fourth-order valence-corrected chi connectivity index (χ4v) is 2.89. The van der Waals surface area contributed by atoms with E-state index in [0.717, 1.165) is 37.1 Å². The molecule has 4 nitrogen and oxygen atoms in total. The minimum absolute atomic E-state index is 0.137. The summed E-state index contributed by atoms with van der Waals surface area (Å²) in [5.41, 5.74) is 1.79. The molecule has 0 amide bonds. The molecule has 19 heavy (non-hydrogen) atoms. The average molecular weight is 265 g/mol. The summed E-state index contributed by atoms with van der Waals surface area (Å²) in [7, 11) is 1.62. The molecule has 1 aliphatic rings. The van der Waals surface area contributed by atoms with Crippen LogP contribution in [-0.4, -0.2) is 36.5 Å². The molecule has 0 bridgehead atoms. The van der Waals surface area contributed by atoms with Gasteiger partial charge in [0.25, 0.3) is 0 Å². The van der Waals surface area contributed by atoms with E-state index < -0.39 is 6.10 Å². The number of ether oxygens (including phenoxy) is 1. The quantitative estimate of drug-likeness (QED) is 0.875. The van der Waals surface area contributed by atoms with E-state index in [1.54, 1.807) is 14.0 Å². The molecular formula is C15H23NO3. The van der Waals surface area contributed by atoms with E-state index in [1.807, 2.05) is 18.2 Å². The topological polar surface area (TPSA) is 52.9 Å². The van der Waals surface area contributed by atoms with Crippen LogP contribution in [0.3, 0.4) is 0 Å². The minimum Gasteiger partial charge on any atom is -0.496 e. The van der Waals surface area contributed by atoms with Gasteiger partial charge < -0.3 is 19.8 Å². The Morgan fingerprint density at radius 2 is 2.21 bits per heavy atom. The standard InChI is InChI=1S/C15H23NO3/c1-11(18)15-13(7-5-8-14(15)19-2)16-9-4-3-6-12(16)10-17/h5,7-8,11-12,17-18H,3-4,6,9-10H2,1-2H3/t11-,12?/m1/s1. The summed E-state index contributed by atoms with van der Waals surface area (Å²) in [6.45, 7) is 2.81. The van der Waals surface area contributed by atoms with Crippen molar-refractivity contribution in [2.45, 2.75) is 38.3 Å². The van der Waals surface area contributed by atoms with Crippen molar-refractivity contribution in [1.82, 2.24) is 0 Å². The first-order valence-corrected chi connectivity index (χ1v) is 6.91. The molecule has 0 radical (unpaired) electrons. The number of nitrogens with zero attached hydrogens (tertiary/aromatic N) is 1. The van der Waals surface area contributed by atoms with Crippen molar-refractivity contribution in [1.29, 1.82) is 0 Å². The minimum atomic E-state index is -0.590. The summed E-state index contributed by atoms with van der Waals surface area (Å²) in [5, 5.41) is 19.6. The normalized spacial score (nSPS) is 21.3. The Balaban J connectivity index is 2.42. The number of aliphatic hydroxyl groups excluding tert-OH is 2. The highest BCUT2D eigenvalue weighted by atomic mass is 16.5. The lowest BCUT2D eigenvalue weighted by molar-refractivity contribution is 0.193. The van der Waals surface area contributed by atoms with Gasteiger partial charge >= 0.3 is 0 Å². The van der Waals surface area contributed by atoms with Crippen LogP contribution in [0.4, 0.5) is 5.69 Å². The number of hydrogen-bond acceptors (Lipinski definition) is 4. The van der Waals surface area contributed by atoms with Crippen molar-refractivity contribution < 1.29 is 14.9 Å². The smallest absolute Gasteiger partial charge is 0.126 e. The van der Waals surface area contributed by atoms with Gasteiger partial charge in [-0.25, -0.2) is 0 Å². The second-order valence-electron chi connectivity index (χ2n) is 5.09. The van der Waals surface area contributed by atoms with Gasteiger partial charge in [-0.05, 0) is 38.3 Å². The molecule has 0 aliphatic carbocycles. The van der Waals surface area contributed by atoms with Crippen molar-refractivity contribution in [2.75, 3.05) is 25.2 Å². The molecule has 0 saturated carbocycles. The van der Waals surface area contributed by atoms with Gasteiger partial charge in [-0.1, -0.05) is 6.07 Å². The van der Waals surface area contributed by atoms with Crippen LogP contribution in [0.25, 0.3) is 0 Å². The van der Waals surface area contributed by atoms with Gasteiger partial charge in [-0.2, -0.15) is 0 Å². The highest BCUT2D eigenvalue weighted by Gasteiger charge is 2.26. The van der Waals surface area contributed by atoms with Gasteiger partial charge in [0, 0.05) is 17.8 Å². The largest absolute Gasteiger partial charge is 0.496 e. The second-order valence-corrected chi connectivity index (χ2v) is 5.09. The van der Waals surface area contributed by atoms with Gasteiger partial charge in [-0.15, -0.1) is 0 Å². The van der Waals surface area contributed by atoms with Crippen LogP contribution in [0.2, 0.25) is 0 Å². The Labute approximate surface area is 114 Å². The first-order chi connectivity index (χ1) is 9.19. The molecule has 2 N–H and O–H groups in total. The number of benzene rings is 1. The lowest BCUT2D eigenvalue weighted by Gasteiger charge is -2.38. The first kappa shape index (κ1) is 14.2. The van der Waals surface area contributed by atoms with E-state index >= 15 is 0 Å². The Kier molecular flexibility index (Phi) is 4.66. The van der Waals surface area contributed by atoms with Crippen LogP contribution < -0.4 is 9.64 Å². The van der Waals surface area contributed by atoms with Crippen molar-refractivity contribution in [3.05, 3.63) is 23.8 Å². The van der Waals surface area contributed by atoms with Crippen molar-refractivity contribution >= 4 is 5.69 Å². The maximum atomic E-state index is 10.0. The first-order valence-electron chi connectivity index (χ1n) is 6.91. The zero-order chi connectivity index (χ0) is 13.8. The van der Waals surface area contributed by atoms with E-state index in [2.05, 4.69) is 4.90 Å². The molecule has 1 saturated heterocycles. The zero-order valence-electron chi connectivity index (χ0n) is 11.7. The molecule has 1 fully saturated rings. The Morgan fingerprint density at radius 1 is 1.42 bits per heavy atom. The van der Waals surface area contributed by atoms with Gasteiger partial charge in [0.2, 0.25) is 0 Å². The highest BCUT2D eigenvalue weighted by Crippen LogP contribution is 2.37. The molecule has 106 valence electrons. The summed E-state index contributed by atoms with van der Waals surface area (Å²) in [4.78, 5) is 2.20. The third kappa shape index (κ3) is 2.85. The number of anilines is 1. The lowest BCUT2D eigenvalue weighted by atomic mass is 9.98. The van der Waals surface area contributed by atoms with E-state index in [-0.39, 0.29) is 12.6 Å². The zero-order valence-corrected chi connectivity index (χ0v) is 11.7. The second kappa shape index (κ2) is 6.26. The lowest BCUT2D eigenvalue weighted by Crippen LogP contribution is -2.42. The van der Waals surface area contributed by atoms with Gasteiger partial charge in [0.05, 0.1) is 25.9 Å². The van der Waals surface area contributed by atoms with Crippen LogP contribution in [0.15, 0.2) is 18.2 Å². The predicted octanol–water partition coefficient (Wildman–Crippen LogP) is 2.10. The van der Waals surface area contributed by atoms with Crippen molar-refractivity contribution in [2.24, 2.45) is 0 Å². The van der Waals surface area contributed by atoms with E-state index in [1.165, 1.54) is 0 Å². The molecule has 1 unspecified atom stereocenters. The Morgan fingerprint density at radius 3 is 2.84 bits per heavy atom. The average Bonchev–Trinajstić information content (AvgIpc) is 2.46. The Bertz CT molecular complexity index is 420. The summed E-state index contributed by atoms with van der Waals surface area (Å²) in [6, 6.07) is 5.93. The maximum absolute atomic E-state index is 10.0. The summed E-state index contributed by atoms with van der Waals surface area (Å²) < 4.78 is 5.36.